The summed E-state index contributed by atoms with van der Waals surface area (Å²) in [6, 6.07) is 10.5. The van der Waals surface area contributed by atoms with Gasteiger partial charge in [0.2, 0.25) is 0 Å². The van der Waals surface area contributed by atoms with Crippen LogP contribution in [0.1, 0.15) is 12.5 Å². The van der Waals surface area contributed by atoms with E-state index in [4.69, 9.17) is 0 Å². The van der Waals surface area contributed by atoms with Crippen molar-refractivity contribution in [3.05, 3.63) is 72.4 Å². The van der Waals surface area contributed by atoms with Crippen molar-refractivity contribution >= 4 is 0 Å². The molecule has 0 aliphatic carbocycles. The normalized spacial score (nSPS) is 11.9. The van der Waals surface area contributed by atoms with E-state index >= 15 is 0 Å². The molecule has 0 atom stereocenters. The molecule has 0 spiro atoms. The minimum absolute atomic E-state index is 0.988. The van der Waals surface area contributed by atoms with E-state index in [9.17, 15) is 0 Å². The van der Waals surface area contributed by atoms with E-state index in [1.807, 2.05) is 12.1 Å². The van der Waals surface area contributed by atoms with Crippen LogP contribution in [-0.4, -0.2) is 0 Å². The van der Waals surface area contributed by atoms with Crippen molar-refractivity contribution in [3.8, 4) is 0 Å². The fourth-order valence-corrected chi connectivity index (χ4v) is 1.28. The van der Waals surface area contributed by atoms with E-state index < -0.39 is 0 Å². The predicted molar refractivity (Wildman–Crippen MR) is 63.2 cm³/mol. The van der Waals surface area contributed by atoms with E-state index in [2.05, 4.69) is 49.9 Å². The fraction of sp³-hybridized carbons (Fsp3) is 0.143. The Morgan fingerprint density at radius 2 is 2.00 bits per heavy atom. The Labute approximate surface area is 86.3 Å². The van der Waals surface area contributed by atoms with Gasteiger partial charge < -0.3 is 0 Å². The highest BCUT2D eigenvalue weighted by Gasteiger charge is 1.93. The van der Waals surface area contributed by atoms with Crippen LogP contribution in [0.2, 0.25) is 0 Å². The Bertz CT molecular complexity index is 328. The van der Waals surface area contributed by atoms with Crippen LogP contribution in [0.3, 0.4) is 0 Å². The molecule has 0 saturated heterocycles. The number of allylic oxidation sites excluding steroid dienone is 5. The molecule has 0 bridgehead atoms. The average Bonchev–Trinajstić information content (AvgIpc) is 2.25. The number of benzene rings is 1. The molecule has 0 saturated carbocycles. The quantitative estimate of drug-likeness (QED) is 0.622. The summed E-state index contributed by atoms with van der Waals surface area (Å²) in [5.74, 6) is 0. The summed E-state index contributed by atoms with van der Waals surface area (Å²) >= 11 is 0. The standard InChI is InChI=1S/C14H16/c1-3-5-9-13(4-2)12-14-10-7-6-8-11-14/h3-11H,1,12H2,2H3/b9-5-,13-4+. The van der Waals surface area contributed by atoms with Gasteiger partial charge in [0.1, 0.15) is 0 Å². The lowest BCUT2D eigenvalue weighted by molar-refractivity contribution is 1.19. The summed E-state index contributed by atoms with van der Waals surface area (Å²) in [6.07, 6.45) is 8.99. The molecule has 0 unspecified atom stereocenters. The molecule has 0 aromatic heterocycles. The lowest BCUT2D eigenvalue weighted by Crippen LogP contribution is -1.86. The third-order valence-electron chi connectivity index (χ3n) is 2.07. The summed E-state index contributed by atoms with van der Waals surface area (Å²) in [5, 5.41) is 0. The van der Waals surface area contributed by atoms with Crippen LogP contribution in [0.25, 0.3) is 0 Å². The number of rotatable bonds is 4. The molecular formula is C14H16. The lowest BCUT2D eigenvalue weighted by Gasteiger charge is -2.01. The maximum Gasteiger partial charge on any atom is -0.00290 e. The third-order valence-corrected chi connectivity index (χ3v) is 2.07. The zero-order valence-corrected chi connectivity index (χ0v) is 8.61. The third kappa shape index (κ3) is 3.44. The molecule has 1 aromatic carbocycles. The molecular weight excluding hydrogens is 168 g/mol. The van der Waals surface area contributed by atoms with Gasteiger partial charge in [-0.15, -0.1) is 0 Å². The Kier molecular flexibility index (Phi) is 4.49. The first kappa shape index (κ1) is 10.5. The Balaban J connectivity index is 2.67. The molecule has 0 radical (unpaired) electrons. The van der Waals surface area contributed by atoms with Gasteiger partial charge in [0, 0.05) is 0 Å². The van der Waals surface area contributed by atoms with Crippen LogP contribution < -0.4 is 0 Å². The van der Waals surface area contributed by atoms with E-state index in [1.54, 1.807) is 6.08 Å². The summed E-state index contributed by atoms with van der Waals surface area (Å²) < 4.78 is 0. The van der Waals surface area contributed by atoms with Crippen LogP contribution in [0.15, 0.2) is 66.8 Å². The molecule has 0 fully saturated rings. The minimum atomic E-state index is 0.988. The van der Waals surface area contributed by atoms with Gasteiger partial charge in [-0.25, -0.2) is 0 Å². The molecule has 0 heterocycles. The minimum Gasteiger partial charge on any atom is -0.0991 e. The first-order valence-electron chi connectivity index (χ1n) is 4.85. The van der Waals surface area contributed by atoms with E-state index in [-0.39, 0.29) is 0 Å². The fourth-order valence-electron chi connectivity index (χ4n) is 1.28. The maximum absolute atomic E-state index is 3.66. The molecule has 0 aliphatic heterocycles. The van der Waals surface area contributed by atoms with Gasteiger partial charge in [0.25, 0.3) is 0 Å². The largest absolute Gasteiger partial charge is 0.0991 e. The number of hydrogen-bond acceptors (Lipinski definition) is 0. The van der Waals surface area contributed by atoms with Crippen LogP contribution in [0.5, 0.6) is 0 Å². The van der Waals surface area contributed by atoms with Crippen molar-refractivity contribution in [1.29, 1.82) is 0 Å². The monoisotopic (exact) mass is 184 g/mol. The van der Waals surface area contributed by atoms with Gasteiger partial charge in [-0.3, -0.25) is 0 Å². The highest BCUT2D eigenvalue weighted by atomic mass is 14.0. The van der Waals surface area contributed by atoms with Crippen molar-refractivity contribution in [2.75, 3.05) is 0 Å². The molecule has 1 aromatic rings. The summed E-state index contributed by atoms with van der Waals surface area (Å²) in [6.45, 7) is 5.72. The Morgan fingerprint density at radius 3 is 2.57 bits per heavy atom. The zero-order valence-electron chi connectivity index (χ0n) is 8.61. The van der Waals surface area contributed by atoms with E-state index in [0.717, 1.165) is 6.42 Å². The highest BCUT2D eigenvalue weighted by Crippen LogP contribution is 2.08. The first-order valence-corrected chi connectivity index (χ1v) is 4.85. The molecule has 0 nitrogen and oxygen atoms in total. The SMILES string of the molecule is C=C/C=C\C(=C/C)Cc1ccccc1. The average molecular weight is 184 g/mol. The molecule has 14 heavy (non-hydrogen) atoms. The van der Waals surface area contributed by atoms with Crippen molar-refractivity contribution in [3.63, 3.8) is 0 Å². The summed E-state index contributed by atoms with van der Waals surface area (Å²) in [7, 11) is 0. The zero-order chi connectivity index (χ0) is 10.2. The van der Waals surface area contributed by atoms with Crippen molar-refractivity contribution in [2.45, 2.75) is 13.3 Å². The molecule has 0 amide bonds. The van der Waals surface area contributed by atoms with E-state index in [0.29, 0.717) is 0 Å². The lowest BCUT2D eigenvalue weighted by atomic mass is 10.0. The second-order valence-corrected chi connectivity index (χ2v) is 3.12. The molecule has 72 valence electrons. The summed E-state index contributed by atoms with van der Waals surface area (Å²) in [5.41, 5.74) is 2.66. The molecule has 0 heteroatoms. The van der Waals surface area contributed by atoms with Crippen LogP contribution in [0.4, 0.5) is 0 Å². The second kappa shape index (κ2) is 5.98. The van der Waals surface area contributed by atoms with Gasteiger partial charge in [0.05, 0.1) is 0 Å². The Hall–Kier alpha value is -1.56. The van der Waals surface area contributed by atoms with Gasteiger partial charge >= 0.3 is 0 Å². The van der Waals surface area contributed by atoms with Crippen molar-refractivity contribution < 1.29 is 0 Å². The van der Waals surface area contributed by atoms with Gasteiger partial charge in [0.15, 0.2) is 0 Å². The van der Waals surface area contributed by atoms with Crippen LogP contribution in [-0.2, 0) is 6.42 Å². The number of hydrogen-bond donors (Lipinski definition) is 0. The van der Waals surface area contributed by atoms with Crippen LogP contribution in [0, 0.1) is 0 Å². The van der Waals surface area contributed by atoms with E-state index in [1.165, 1.54) is 11.1 Å². The summed E-state index contributed by atoms with van der Waals surface area (Å²) in [4.78, 5) is 0. The van der Waals surface area contributed by atoms with Crippen molar-refractivity contribution in [2.24, 2.45) is 0 Å². The molecule has 0 aliphatic rings. The molecule has 1 rings (SSSR count). The Morgan fingerprint density at radius 1 is 1.29 bits per heavy atom. The maximum atomic E-state index is 3.66. The van der Waals surface area contributed by atoms with Crippen LogP contribution >= 0.6 is 0 Å². The first-order chi connectivity index (χ1) is 6.86. The molecule has 0 N–H and O–H groups in total. The van der Waals surface area contributed by atoms with Gasteiger partial charge in [-0.2, -0.15) is 0 Å². The topological polar surface area (TPSA) is 0 Å². The second-order valence-electron chi connectivity index (χ2n) is 3.12. The van der Waals surface area contributed by atoms with Gasteiger partial charge in [-0.1, -0.05) is 61.2 Å². The van der Waals surface area contributed by atoms with Crippen molar-refractivity contribution in [1.82, 2.24) is 0 Å². The predicted octanol–water partition coefficient (Wildman–Crippen LogP) is 3.92. The highest BCUT2D eigenvalue weighted by molar-refractivity contribution is 5.29. The van der Waals surface area contributed by atoms with Gasteiger partial charge in [-0.05, 0) is 24.5 Å². The smallest absolute Gasteiger partial charge is 0.00290 e.